The highest BCUT2D eigenvalue weighted by Gasteiger charge is 2.09. The zero-order chi connectivity index (χ0) is 18.6. The van der Waals surface area contributed by atoms with E-state index in [0.29, 0.717) is 31.1 Å². The third-order valence-corrected chi connectivity index (χ3v) is 4.33. The Morgan fingerprint density at radius 2 is 2.00 bits per heavy atom. The van der Waals surface area contributed by atoms with Crippen molar-refractivity contribution in [2.45, 2.75) is 13.3 Å². The van der Waals surface area contributed by atoms with Gasteiger partial charge in [0.1, 0.15) is 5.75 Å². The lowest BCUT2D eigenvalue weighted by atomic mass is 10.2. The van der Waals surface area contributed by atoms with Gasteiger partial charge in [-0.3, -0.25) is 5.32 Å². The van der Waals surface area contributed by atoms with Gasteiger partial charge in [0.15, 0.2) is 0 Å². The van der Waals surface area contributed by atoms with Crippen LogP contribution in [0.1, 0.15) is 18.9 Å². The number of benzene rings is 2. The third-order valence-electron chi connectivity index (χ3n) is 3.22. The summed E-state index contributed by atoms with van der Waals surface area (Å²) in [5, 5.41) is 2.70. The summed E-state index contributed by atoms with van der Waals surface area (Å²) in [7, 11) is 0. The smallest absolute Gasteiger partial charge is 0.411 e. The SMILES string of the molecule is CCOC(=O)Nc1cccc(OCCC#C/C=C/c2ccccc2)c1I. The zero-order valence-corrected chi connectivity index (χ0v) is 16.7. The number of anilines is 1. The summed E-state index contributed by atoms with van der Waals surface area (Å²) < 4.78 is 11.5. The number of rotatable bonds is 6. The Bertz CT molecular complexity index is 807. The highest BCUT2D eigenvalue weighted by Crippen LogP contribution is 2.28. The topological polar surface area (TPSA) is 47.6 Å². The Morgan fingerprint density at radius 1 is 1.19 bits per heavy atom. The number of carbonyl (C=O) groups excluding carboxylic acids is 1. The molecule has 0 spiro atoms. The molecule has 134 valence electrons. The number of carbonyl (C=O) groups is 1. The summed E-state index contributed by atoms with van der Waals surface area (Å²) >= 11 is 2.14. The van der Waals surface area contributed by atoms with Crippen molar-refractivity contribution in [3.63, 3.8) is 0 Å². The molecule has 2 aromatic rings. The highest BCUT2D eigenvalue weighted by molar-refractivity contribution is 14.1. The molecule has 2 rings (SSSR count). The lowest BCUT2D eigenvalue weighted by Gasteiger charge is -2.11. The van der Waals surface area contributed by atoms with Crippen LogP contribution in [-0.4, -0.2) is 19.3 Å². The molecule has 0 aromatic heterocycles. The molecule has 0 saturated carbocycles. The summed E-state index contributed by atoms with van der Waals surface area (Å²) in [5.41, 5.74) is 1.79. The van der Waals surface area contributed by atoms with Crippen molar-refractivity contribution in [1.82, 2.24) is 0 Å². The Labute approximate surface area is 167 Å². The third kappa shape index (κ3) is 6.81. The van der Waals surface area contributed by atoms with Gasteiger partial charge in [-0.2, -0.15) is 0 Å². The molecule has 2 aromatic carbocycles. The van der Waals surface area contributed by atoms with E-state index in [9.17, 15) is 4.79 Å². The minimum Gasteiger partial charge on any atom is -0.491 e. The van der Waals surface area contributed by atoms with Gasteiger partial charge in [-0.25, -0.2) is 4.79 Å². The van der Waals surface area contributed by atoms with Crippen molar-refractivity contribution in [3.05, 3.63) is 63.7 Å². The first-order valence-electron chi connectivity index (χ1n) is 8.25. The van der Waals surface area contributed by atoms with Gasteiger partial charge >= 0.3 is 6.09 Å². The largest absolute Gasteiger partial charge is 0.491 e. The molecule has 1 N–H and O–H groups in total. The maximum Gasteiger partial charge on any atom is 0.411 e. The van der Waals surface area contributed by atoms with Gasteiger partial charge < -0.3 is 9.47 Å². The van der Waals surface area contributed by atoms with Gasteiger partial charge in [-0.1, -0.05) is 48.2 Å². The van der Waals surface area contributed by atoms with E-state index < -0.39 is 6.09 Å². The van der Waals surface area contributed by atoms with Crippen LogP contribution in [0.5, 0.6) is 5.75 Å². The summed E-state index contributed by atoms with van der Waals surface area (Å²) in [6.45, 7) is 2.57. The summed E-state index contributed by atoms with van der Waals surface area (Å²) in [5.74, 6) is 6.76. The van der Waals surface area contributed by atoms with Gasteiger partial charge in [0, 0.05) is 6.42 Å². The molecule has 0 atom stereocenters. The minimum absolute atomic E-state index is 0.329. The molecule has 0 bridgehead atoms. The van der Waals surface area contributed by atoms with Crippen molar-refractivity contribution in [3.8, 4) is 17.6 Å². The van der Waals surface area contributed by atoms with E-state index in [4.69, 9.17) is 9.47 Å². The predicted octanol–water partition coefficient (Wildman–Crippen LogP) is 5.35. The number of ether oxygens (including phenoxy) is 2. The normalized spacial score (nSPS) is 10.1. The predicted molar refractivity (Wildman–Crippen MR) is 113 cm³/mol. The molecule has 26 heavy (non-hydrogen) atoms. The molecule has 0 aliphatic heterocycles. The molecule has 5 heteroatoms. The second-order valence-electron chi connectivity index (χ2n) is 5.13. The van der Waals surface area contributed by atoms with Crippen molar-refractivity contribution in [2.75, 3.05) is 18.5 Å². The van der Waals surface area contributed by atoms with E-state index in [1.54, 1.807) is 13.0 Å². The fraction of sp³-hybridized carbons (Fsp3) is 0.190. The van der Waals surface area contributed by atoms with Crippen LogP contribution in [0.3, 0.4) is 0 Å². The number of nitrogens with one attached hydrogen (secondary N) is 1. The molecule has 0 saturated heterocycles. The zero-order valence-electron chi connectivity index (χ0n) is 14.5. The molecule has 0 aliphatic rings. The molecule has 0 fully saturated rings. The van der Waals surface area contributed by atoms with E-state index in [0.717, 1.165) is 9.13 Å². The maximum absolute atomic E-state index is 11.5. The molecule has 0 unspecified atom stereocenters. The Morgan fingerprint density at radius 3 is 2.77 bits per heavy atom. The van der Waals surface area contributed by atoms with E-state index in [-0.39, 0.29) is 0 Å². The van der Waals surface area contributed by atoms with Gasteiger partial charge in [0.25, 0.3) is 0 Å². The van der Waals surface area contributed by atoms with Crippen LogP contribution in [-0.2, 0) is 4.74 Å². The van der Waals surface area contributed by atoms with E-state index in [1.807, 2.05) is 54.6 Å². The molecule has 4 nitrogen and oxygen atoms in total. The van der Waals surface area contributed by atoms with Gasteiger partial charge in [-0.05, 0) is 59.4 Å². The monoisotopic (exact) mass is 461 g/mol. The average molecular weight is 461 g/mol. The molecular formula is C21H20INO3. The van der Waals surface area contributed by atoms with Crippen LogP contribution in [0.15, 0.2) is 54.6 Å². The molecule has 0 heterocycles. The Hall–Kier alpha value is -2.46. The van der Waals surface area contributed by atoms with Crippen LogP contribution in [0.25, 0.3) is 6.08 Å². The molecule has 0 radical (unpaired) electrons. The average Bonchev–Trinajstić information content (AvgIpc) is 2.65. The first-order valence-corrected chi connectivity index (χ1v) is 9.33. The number of halogens is 1. The van der Waals surface area contributed by atoms with Crippen LogP contribution >= 0.6 is 22.6 Å². The highest BCUT2D eigenvalue weighted by atomic mass is 127. The fourth-order valence-electron chi connectivity index (χ4n) is 2.04. The summed E-state index contributed by atoms with van der Waals surface area (Å²) in [6, 6.07) is 15.5. The number of hydrogen-bond donors (Lipinski definition) is 1. The number of amides is 1. The van der Waals surface area contributed by atoms with E-state index in [2.05, 4.69) is 39.7 Å². The van der Waals surface area contributed by atoms with E-state index in [1.165, 1.54) is 0 Å². The molecule has 1 amide bonds. The van der Waals surface area contributed by atoms with Crippen molar-refractivity contribution in [1.29, 1.82) is 0 Å². The van der Waals surface area contributed by atoms with Crippen molar-refractivity contribution >= 4 is 40.4 Å². The van der Waals surface area contributed by atoms with Gasteiger partial charge in [0.05, 0.1) is 22.5 Å². The van der Waals surface area contributed by atoms with Crippen LogP contribution in [0.2, 0.25) is 0 Å². The quantitative estimate of drug-likeness (QED) is 0.359. The lowest BCUT2D eigenvalue weighted by Crippen LogP contribution is -2.14. The number of allylic oxidation sites excluding steroid dienone is 1. The minimum atomic E-state index is -0.473. The lowest BCUT2D eigenvalue weighted by molar-refractivity contribution is 0.168. The molecule has 0 aliphatic carbocycles. The first-order chi connectivity index (χ1) is 12.7. The van der Waals surface area contributed by atoms with E-state index >= 15 is 0 Å². The second-order valence-corrected chi connectivity index (χ2v) is 6.21. The molecular weight excluding hydrogens is 441 g/mol. The Kier molecular flexibility index (Phi) is 8.56. The van der Waals surface area contributed by atoms with Gasteiger partial charge in [-0.15, -0.1) is 0 Å². The Balaban J connectivity index is 1.82. The van der Waals surface area contributed by atoms with Crippen LogP contribution < -0.4 is 10.1 Å². The fourth-order valence-corrected chi connectivity index (χ4v) is 2.69. The van der Waals surface area contributed by atoms with Crippen LogP contribution in [0.4, 0.5) is 10.5 Å². The second kappa shape index (κ2) is 11.2. The maximum atomic E-state index is 11.5. The van der Waals surface area contributed by atoms with Crippen molar-refractivity contribution in [2.24, 2.45) is 0 Å². The summed E-state index contributed by atoms with van der Waals surface area (Å²) in [6.07, 6.45) is 3.95. The summed E-state index contributed by atoms with van der Waals surface area (Å²) in [4.78, 5) is 11.5. The number of hydrogen-bond acceptors (Lipinski definition) is 3. The first kappa shape index (κ1) is 19.9. The standard InChI is InChI=1S/C21H20INO3/c1-2-25-21(24)23-18-14-10-15-19(20(18)22)26-16-9-4-3-6-11-17-12-7-5-8-13-17/h5-8,10-15H,2,9,16H2,1H3,(H,23,24)/b11-6+. The van der Waals surface area contributed by atoms with Gasteiger partial charge in [0.2, 0.25) is 0 Å². The van der Waals surface area contributed by atoms with Crippen LogP contribution in [0, 0.1) is 15.4 Å². The van der Waals surface area contributed by atoms with Crippen molar-refractivity contribution < 1.29 is 14.3 Å².